The molecule has 0 spiro atoms. The summed E-state index contributed by atoms with van der Waals surface area (Å²) in [5.41, 5.74) is 3.24. The summed E-state index contributed by atoms with van der Waals surface area (Å²) in [4.78, 5) is 31.3. The molecular weight excluding hydrogens is 554 g/mol. The van der Waals surface area contributed by atoms with Crippen molar-refractivity contribution in [2.24, 2.45) is 0 Å². The highest BCUT2D eigenvalue weighted by Gasteiger charge is 2.34. The van der Waals surface area contributed by atoms with E-state index >= 15 is 0 Å². The lowest BCUT2D eigenvalue weighted by atomic mass is 10.0. The highest BCUT2D eigenvalue weighted by molar-refractivity contribution is 5.94. The molecule has 0 radical (unpaired) electrons. The fourth-order valence-corrected chi connectivity index (χ4v) is 6.88. The Morgan fingerprint density at radius 3 is 2.77 bits per heavy atom. The SMILES string of the molecule is C=CC(=O)N1CCN(c2nc(OC[C@@H]3CCCN3C(C)C)nc3c2CCN(c2cccc4ccccc24)C3)CC1OCC#N. The monoisotopic (exact) mass is 595 g/mol. The summed E-state index contributed by atoms with van der Waals surface area (Å²) in [5, 5.41) is 11.6. The molecule has 2 aromatic carbocycles. The van der Waals surface area contributed by atoms with Crippen LogP contribution in [0.3, 0.4) is 0 Å². The van der Waals surface area contributed by atoms with Crippen LogP contribution in [0.2, 0.25) is 0 Å². The maximum Gasteiger partial charge on any atom is 0.318 e. The topological polar surface area (TPSA) is 98.1 Å². The van der Waals surface area contributed by atoms with Gasteiger partial charge < -0.3 is 24.2 Å². The molecule has 3 aliphatic rings. The van der Waals surface area contributed by atoms with Crippen LogP contribution in [0.25, 0.3) is 10.8 Å². The van der Waals surface area contributed by atoms with Gasteiger partial charge in [-0.3, -0.25) is 9.69 Å². The van der Waals surface area contributed by atoms with Crippen LogP contribution in [0.4, 0.5) is 11.5 Å². The number of nitrogens with zero attached hydrogens (tertiary/aromatic N) is 7. The van der Waals surface area contributed by atoms with Gasteiger partial charge in [-0.1, -0.05) is 43.0 Å². The molecule has 0 N–H and O–H groups in total. The van der Waals surface area contributed by atoms with Gasteiger partial charge in [-0.2, -0.15) is 15.2 Å². The number of ether oxygens (including phenoxy) is 2. The van der Waals surface area contributed by atoms with Gasteiger partial charge in [0.1, 0.15) is 19.0 Å². The molecule has 230 valence electrons. The summed E-state index contributed by atoms with van der Waals surface area (Å²) < 4.78 is 12.2. The first-order chi connectivity index (χ1) is 21.5. The molecule has 1 aromatic heterocycles. The normalized spacial score (nSPS) is 20.5. The fourth-order valence-electron chi connectivity index (χ4n) is 6.88. The Labute approximate surface area is 259 Å². The van der Waals surface area contributed by atoms with Crippen LogP contribution in [-0.4, -0.2) is 89.9 Å². The molecule has 1 unspecified atom stereocenters. The lowest BCUT2D eigenvalue weighted by Gasteiger charge is -2.42. The van der Waals surface area contributed by atoms with Gasteiger partial charge in [0.05, 0.1) is 24.9 Å². The molecule has 44 heavy (non-hydrogen) atoms. The van der Waals surface area contributed by atoms with Gasteiger partial charge in [0.15, 0.2) is 6.23 Å². The van der Waals surface area contributed by atoms with Crippen LogP contribution in [0.5, 0.6) is 6.01 Å². The van der Waals surface area contributed by atoms with E-state index in [0.29, 0.717) is 50.9 Å². The number of likely N-dealkylation sites (tertiary alicyclic amines) is 1. The number of nitriles is 1. The van der Waals surface area contributed by atoms with Crippen molar-refractivity contribution in [1.29, 1.82) is 5.26 Å². The molecular formula is C34H41N7O3. The van der Waals surface area contributed by atoms with Crippen molar-refractivity contribution >= 4 is 28.2 Å². The molecule has 0 saturated carbocycles. The molecule has 3 aromatic rings. The van der Waals surface area contributed by atoms with Crippen molar-refractivity contribution < 1.29 is 14.3 Å². The molecule has 2 saturated heterocycles. The number of hydrogen-bond acceptors (Lipinski definition) is 9. The van der Waals surface area contributed by atoms with E-state index in [2.05, 4.69) is 77.6 Å². The minimum Gasteiger partial charge on any atom is -0.462 e. The minimum atomic E-state index is -0.585. The van der Waals surface area contributed by atoms with Crippen LogP contribution >= 0.6 is 0 Å². The van der Waals surface area contributed by atoms with E-state index in [1.807, 2.05) is 6.07 Å². The average Bonchev–Trinajstić information content (AvgIpc) is 3.54. The van der Waals surface area contributed by atoms with E-state index in [0.717, 1.165) is 43.0 Å². The quantitative estimate of drug-likeness (QED) is 0.338. The summed E-state index contributed by atoms with van der Waals surface area (Å²) in [6.07, 6.45) is 3.75. The predicted molar refractivity (Wildman–Crippen MR) is 171 cm³/mol. The van der Waals surface area contributed by atoms with Gasteiger partial charge in [0.2, 0.25) is 5.91 Å². The Bertz CT molecular complexity index is 1550. The zero-order valence-electron chi connectivity index (χ0n) is 25.7. The first kappa shape index (κ1) is 29.9. The van der Waals surface area contributed by atoms with Crippen molar-refractivity contribution in [3.8, 4) is 12.1 Å². The van der Waals surface area contributed by atoms with Crippen molar-refractivity contribution in [2.45, 2.75) is 58.0 Å². The van der Waals surface area contributed by atoms with Crippen molar-refractivity contribution in [2.75, 3.05) is 55.7 Å². The molecule has 2 atom stereocenters. The highest BCUT2D eigenvalue weighted by atomic mass is 16.5. The van der Waals surface area contributed by atoms with E-state index in [4.69, 9.17) is 19.4 Å². The summed E-state index contributed by atoms with van der Waals surface area (Å²) >= 11 is 0. The second-order valence-electron chi connectivity index (χ2n) is 12.0. The molecule has 0 aliphatic carbocycles. The van der Waals surface area contributed by atoms with Crippen molar-refractivity contribution in [1.82, 2.24) is 19.8 Å². The maximum atomic E-state index is 12.6. The molecule has 0 bridgehead atoms. The second kappa shape index (κ2) is 13.2. The highest BCUT2D eigenvalue weighted by Crippen LogP contribution is 2.35. The Hall–Kier alpha value is -4.20. The van der Waals surface area contributed by atoms with E-state index in [9.17, 15) is 10.1 Å². The Kier molecular flexibility index (Phi) is 8.96. The molecule has 6 rings (SSSR count). The maximum absolute atomic E-state index is 12.6. The number of aromatic nitrogens is 2. The van der Waals surface area contributed by atoms with Gasteiger partial charge in [0.25, 0.3) is 0 Å². The molecule has 3 aliphatic heterocycles. The molecule has 10 nitrogen and oxygen atoms in total. The number of fused-ring (bicyclic) bond motifs is 2. The van der Waals surface area contributed by atoms with Crippen LogP contribution in [-0.2, 0) is 22.5 Å². The Morgan fingerprint density at radius 1 is 1.11 bits per heavy atom. The van der Waals surface area contributed by atoms with Crippen LogP contribution in [0.15, 0.2) is 55.1 Å². The lowest BCUT2D eigenvalue weighted by molar-refractivity contribution is -0.140. The number of anilines is 2. The largest absolute Gasteiger partial charge is 0.462 e. The molecule has 10 heteroatoms. The van der Waals surface area contributed by atoms with E-state index in [-0.39, 0.29) is 12.5 Å². The summed E-state index contributed by atoms with van der Waals surface area (Å²) in [7, 11) is 0. The van der Waals surface area contributed by atoms with Crippen LogP contribution in [0, 0.1) is 11.3 Å². The summed E-state index contributed by atoms with van der Waals surface area (Å²) in [5.74, 6) is 0.615. The number of amides is 1. The third kappa shape index (κ3) is 6.07. The first-order valence-corrected chi connectivity index (χ1v) is 15.6. The second-order valence-corrected chi connectivity index (χ2v) is 12.0. The zero-order valence-corrected chi connectivity index (χ0v) is 25.7. The fraction of sp³-hybridized carbons (Fsp3) is 0.471. The number of piperazine rings is 1. The Balaban J connectivity index is 1.32. The lowest BCUT2D eigenvalue weighted by Crippen LogP contribution is -2.56. The van der Waals surface area contributed by atoms with Gasteiger partial charge >= 0.3 is 6.01 Å². The van der Waals surface area contributed by atoms with Gasteiger partial charge in [-0.25, -0.2) is 0 Å². The standard InChI is InChI=1S/C34H41N7O3/c1-4-31(42)41-19-18-39(22-32(41)43-20-15-35)33-28-14-17-38(30-13-7-10-25-9-5-6-12-27(25)30)21-29(28)36-34(37-33)44-23-26-11-8-16-40(26)24(2)3/h4-7,9-10,12-13,24,26,32H,1,8,11,14,16-23H2,2-3H3/t26-,32?/m0/s1. The number of hydrogen-bond donors (Lipinski definition) is 0. The van der Waals surface area contributed by atoms with E-state index < -0.39 is 6.23 Å². The third-order valence-electron chi connectivity index (χ3n) is 9.05. The number of carbonyl (C=O) groups is 1. The van der Waals surface area contributed by atoms with E-state index in [1.54, 1.807) is 4.90 Å². The number of carbonyl (C=O) groups excluding carboxylic acids is 1. The molecule has 2 fully saturated rings. The van der Waals surface area contributed by atoms with E-state index in [1.165, 1.54) is 29.0 Å². The average molecular weight is 596 g/mol. The number of benzene rings is 2. The smallest absolute Gasteiger partial charge is 0.318 e. The van der Waals surface area contributed by atoms with Crippen molar-refractivity contribution in [3.05, 3.63) is 66.4 Å². The predicted octanol–water partition coefficient (Wildman–Crippen LogP) is 4.14. The van der Waals surface area contributed by atoms with Gasteiger partial charge in [-0.05, 0) is 57.2 Å². The Morgan fingerprint density at radius 2 is 1.95 bits per heavy atom. The van der Waals surface area contributed by atoms with Crippen LogP contribution < -0.4 is 14.5 Å². The van der Waals surface area contributed by atoms with Crippen LogP contribution in [0.1, 0.15) is 37.9 Å². The third-order valence-corrected chi connectivity index (χ3v) is 9.05. The van der Waals surface area contributed by atoms with Gasteiger partial charge in [-0.15, -0.1) is 0 Å². The molecule has 1 amide bonds. The van der Waals surface area contributed by atoms with Gasteiger partial charge in [0, 0.05) is 48.4 Å². The number of rotatable bonds is 9. The zero-order chi connectivity index (χ0) is 30.6. The summed E-state index contributed by atoms with van der Waals surface area (Å²) in [6, 6.07) is 18.1. The first-order valence-electron chi connectivity index (χ1n) is 15.6. The summed E-state index contributed by atoms with van der Waals surface area (Å²) in [6.45, 7) is 12.5. The molecule has 4 heterocycles. The minimum absolute atomic E-state index is 0.108. The van der Waals surface area contributed by atoms with Crippen molar-refractivity contribution in [3.63, 3.8) is 0 Å².